The quantitative estimate of drug-likeness (QED) is 0.191. The maximum atomic E-state index is 2.54. The van der Waals surface area contributed by atoms with E-state index in [1.54, 1.807) is 0 Å². The van der Waals surface area contributed by atoms with Crippen LogP contribution in [0.1, 0.15) is 12.8 Å². The van der Waals surface area contributed by atoms with E-state index < -0.39 is 0 Å². The van der Waals surface area contributed by atoms with Gasteiger partial charge in [0, 0.05) is 38.6 Å². The maximum absolute atomic E-state index is 2.54. The Labute approximate surface area is 272 Å². The third kappa shape index (κ3) is 3.87. The van der Waals surface area contributed by atoms with Crippen molar-refractivity contribution in [2.24, 2.45) is 0 Å². The third-order valence-corrected chi connectivity index (χ3v) is 9.88. The van der Waals surface area contributed by atoms with E-state index >= 15 is 0 Å². The molecule has 0 saturated carbocycles. The number of fused-ring (bicyclic) bond motifs is 8. The second-order valence-electron chi connectivity index (χ2n) is 12.5. The van der Waals surface area contributed by atoms with Crippen LogP contribution in [0.15, 0.2) is 164 Å². The fourth-order valence-corrected chi connectivity index (χ4v) is 7.84. The van der Waals surface area contributed by atoms with Crippen LogP contribution in [0, 0.1) is 0 Å². The lowest BCUT2D eigenvalue weighted by molar-refractivity contribution is 0.980. The monoisotopic (exact) mass is 601 g/mol. The Hall–Kier alpha value is -6.06. The van der Waals surface area contributed by atoms with Gasteiger partial charge in [0.1, 0.15) is 0 Å². The molecule has 1 aliphatic carbocycles. The number of aromatic nitrogens is 3. The van der Waals surface area contributed by atoms with Crippen LogP contribution in [0.4, 0.5) is 0 Å². The van der Waals surface area contributed by atoms with Crippen LogP contribution in [0.25, 0.3) is 82.8 Å². The predicted octanol–water partition coefficient (Wildman–Crippen LogP) is 11.7. The fourth-order valence-electron chi connectivity index (χ4n) is 7.84. The summed E-state index contributed by atoms with van der Waals surface area (Å²) in [5.41, 5.74) is 13.6. The minimum absolute atomic E-state index is 1.01. The number of hydrogen-bond donors (Lipinski definition) is 0. The van der Waals surface area contributed by atoms with Crippen molar-refractivity contribution in [3.05, 3.63) is 164 Å². The van der Waals surface area contributed by atoms with Gasteiger partial charge in [-0.25, -0.2) is 0 Å². The van der Waals surface area contributed by atoms with Crippen molar-refractivity contribution in [2.45, 2.75) is 12.8 Å². The summed E-state index contributed by atoms with van der Waals surface area (Å²) in [7, 11) is 0. The summed E-state index contributed by atoms with van der Waals surface area (Å²) in [6, 6.07) is 53.1. The van der Waals surface area contributed by atoms with Gasteiger partial charge in [0.15, 0.2) is 0 Å². The summed E-state index contributed by atoms with van der Waals surface area (Å²) in [6.45, 7) is 0. The van der Waals surface area contributed by atoms with E-state index in [0.717, 1.165) is 12.8 Å². The van der Waals surface area contributed by atoms with E-state index in [2.05, 4.69) is 178 Å². The van der Waals surface area contributed by atoms with Gasteiger partial charge in [0.2, 0.25) is 0 Å². The molecule has 6 aromatic carbocycles. The number of para-hydroxylation sites is 4. The average Bonchev–Trinajstić information content (AvgIpc) is 3.77. The SMILES string of the molecule is C1=CCCC(n2c3cc(-c4ccc5c(c4)c4ccccc4n5-c4ccccc4)ccc3c3c2c2ccccc2n3-c2ccccc2)=C1. The lowest BCUT2D eigenvalue weighted by Crippen LogP contribution is -1.98. The molecule has 3 nitrogen and oxygen atoms in total. The van der Waals surface area contributed by atoms with E-state index in [1.807, 2.05) is 0 Å². The highest BCUT2D eigenvalue weighted by Gasteiger charge is 2.23. The smallest absolute Gasteiger partial charge is 0.0803 e. The molecule has 10 rings (SSSR count). The first-order valence-corrected chi connectivity index (χ1v) is 16.4. The van der Waals surface area contributed by atoms with Crippen LogP contribution in [0.2, 0.25) is 0 Å². The van der Waals surface area contributed by atoms with Crippen molar-refractivity contribution in [1.29, 1.82) is 0 Å². The molecule has 0 N–H and O–H groups in total. The number of nitrogens with zero attached hydrogens (tertiary/aromatic N) is 3. The van der Waals surface area contributed by atoms with Gasteiger partial charge in [0.25, 0.3) is 0 Å². The normalized spacial score (nSPS) is 13.4. The summed E-state index contributed by atoms with van der Waals surface area (Å²) in [4.78, 5) is 0. The molecule has 222 valence electrons. The molecule has 3 heteroatoms. The minimum atomic E-state index is 1.01. The first-order chi connectivity index (χ1) is 23.3. The Morgan fingerprint density at radius 2 is 0.979 bits per heavy atom. The van der Waals surface area contributed by atoms with Crippen LogP contribution in [0.3, 0.4) is 0 Å². The summed E-state index contributed by atoms with van der Waals surface area (Å²) in [5.74, 6) is 0. The average molecular weight is 602 g/mol. The van der Waals surface area contributed by atoms with E-state index in [0.29, 0.717) is 0 Å². The van der Waals surface area contributed by atoms with Gasteiger partial charge in [-0.2, -0.15) is 0 Å². The van der Waals surface area contributed by atoms with Crippen molar-refractivity contribution in [1.82, 2.24) is 13.7 Å². The van der Waals surface area contributed by atoms with Crippen molar-refractivity contribution < 1.29 is 0 Å². The van der Waals surface area contributed by atoms with Gasteiger partial charge in [-0.05, 0) is 84.6 Å². The summed E-state index contributed by atoms with van der Waals surface area (Å²) in [6.07, 6.45) is 8.84. The fraction of sp³-hybridized carbons (Fsp3) is 0.0455. The van der Waals surface area contributed by atoms with Crippen molar-refractivity contribution >= 4 is 60.3 Å². The molecule has 1 aliphatic rings. The van der Waals surface area contributed by atoms with Crippen LogP contribution in [-0.4, -0.2) is 13.7 Å². The van der Waals surface area contributed by atoms with E-state index in [-0.39, 0.29) is 0 Å². The van der Waals surface area contributed by atoms with E-state index in [9.17, 15) is 0 Å². The highest BCUT2D eigenvalue weighted by Crippen LogP contribution is 2.43. The molecule has 9 aromatic rings. The van der Waals surface area contributed by atoms with Crippen molar-refractivity contribution in [3.8, 4) is 22.5 Å². The third-order valence-electron chi connectivity index (χ3n) is 9.88. The van der Waals surface area contributed by atoms with Gasteiger partial charge >= 0.3 is 0 Å². The summed E-state index contributed by atoms with van der Waals surface area (Å²) < 4.78 is 7.37. The van der Waals surface area contributed by atoms with Crippen LogP contribution < -0.4 is 0 Å². The molecular formula is C44H31N3. The first-order valence-electron chi connectivity index (χ1n) is 16.4. The first kappa shape index (κ1) is 26.2. The maximum Gasteiger partial charge on any atom is 0.0803 e. The Kier molecular flexibility index (Phi) is 5.70. The van der Waals surface area contributed by atoms with Crippen molar-refractivity contribution in [3.63, 3.8) is 0 Å². The summed E-state index contributed by atoms with van der Waals surface area (Å²) in [5, 5.41) is 5.07. The molecule has 3 aromatic heterocycles. The van der Waals surface area contributed by atoms with Gasteiger partial charge < -0.3 is 13.7 Å². The Morgan fingerprint density at radius 3 is 1.72 bits per heavy atom. The van der Waals surface area contributed by atoms with Gasteiger partial charge in [-0.3, -0.25) is 0 Å². The highest BCUT2D eigenvalue weighted by molar-refractivity contribution is 6.21. The zero-order valence-electron chi connectivity index (χ0n) is 25.8. The van der Waals surface area contributed by atoms with E-state index in [1.165, 1.54) is 82.8 Å². The number of allylic oxidation sites excluding steroid dienone is 4. The lowest BCUT2D eigenvalue weighted by Gasteiger charge is -2.14. The summed E-state index contributed by atoms with van der Waals surface area (Å²) >= 11 is 0. The molecule has 0 amide bonds. The second kappa shape index (κ2) is 10.2. The second-order valence-corrected chi connectivity index (χ2v) is 12.5. The highest BCUT2D eigenvalue weighted by atomic mass is 15.1. The molecule has 3 heterocycles. The van der Waals surface area contributed by atoms with Gasteiger partial charge in [-0.15, -0.1) is 0 Å². The standard InChI is InChI=1S/C44H31N3/c1-4-14-32(15-5-1)45-39-22-12-10-20-35(39)38-28-30(25-27-41(38)45)31-24-26-37-42(29-31)47(34-18-8-3-9-19-34)43-36-21-11-13-23-40(36)46(44(37)43)33-16-6-2-7-17-33/h1-8,10-18,20-29H,9,19H2. The lowest BCUT2D eigenvalue weighted by atomic mass is 10.0. The number of rotatable bonds is 4. The zero-order valence-corrected chi connectivity index (χ0v) is 25.8. The molecule has 0 bridgehead atoms. The van der Waals surface area contributed by atoms with Crippen LogP contribution in [0.5, 0.6) is 0 Å². The topological polar surface area (TPSA) is 14.8 Å². The molecule has 0 aliphatic heterocycles. The van der Waals surface area contributed by atoms with Gasteiger partial charge in [0.05, 0.1) is 33.1 Å². The Bertz CT molecular complexity index is 2710. The van der Waals surface area contributed by atoms with E-state index in [4.69, 9.17) is 0 Å². The Balaban J connectivity index is 1.26. The zero-order chi connectivity index (χ0) is 30.9. The molecule has 0 saturated heterocycles. The predicted molar refractivity (Wildman–Crippen MR) is 199 cm³/mol. The molecule has 0 radical (unpaired) electrons. The largest absolute Gasteiger partial charge is 0.311 e. The molecule has 47 heavy (non-hydrogen) atoms. The van der Waals surface area contributed by atoms with Gasteiger partial charge in [-0.1, -0.05) is 103 Å². The number of benzene rings is 6. The minimum Gasteiger partial charge on any atom is -0.311 e. The van der Waals surface area contributed by atoms with Crippen LogP contribution in [-0.2, 0) is 0 Å². The molecule has 0 spiro atoms. The molecule has 0 atom stereocenters. The molecule has 0 fully saturated rings. The van der Waals surface area contributed by atoms with Crippen molar-refractivity contribution in [2.75, 3.05) is 0 Å². The number of hydrogen-bond acceptors (Lipinski definition) is 0. The van der Waals surface area contributed by atoms with Crippen LogP contribution >= 0.6 is 0 Å². The Morgan fingerprint density at radius 1 is 0.404 bits per heavy atom. The molecular weight excluding hydrogens is 571 g/mol. The molecule has 0 unspecified atom stereocenters.